The van der Waals surface area contributed by atoms with E-state index in [2.05, 4.69) is 15.2 Å². The largest absolute Gasteiger partial charge is 0.409 e. The van der Waals surface area contributed by atoms with Crippen molar-refractivity contribution >= 4 is 17.4 Å². The van der Waals surface area contributed by atoms with Gasteiger partial charge in [0.2, 0.25) is 0 Å². The molecule has 0 aromatic carbocycles. The van der Waals surface area contributed by atoms with Gasteiger partial charge in [-0.15, -0.1) is 0 Å². The fourth-order valence-corrected chi connectivity index (χ4v) is 2.75. The molecular weight excluding hydrogens is 266 g/mol. The van der Waals surface area contributed by atoms with Crippen LogP contribution in [0.3, 0.4) is 0 Å². The van der Waals surface area contributed by atoms with Crippen molar-refractivity contribution in [3.63, 3.8) is 0 Å². The molecule has 1 fully saturated rings. The van der Waals surface area contributed by atoms with Gasteiger partial charge in [-0.1, -0.05) is 16.8 Å². The molecule has 1 saturated heterocycles. The lowest BCUT2D eigenvalue weighted by molar-refractivity contribution is 0.194. The Morgan fingerprint density at radius 1 is 1.53 bits per heavy atom. The summed E-state index contributed by atoms with van der Waals surface area (Å²) in [4.78, 5) is 2.32. The van der Waals surface area contributed by atoms with E-state index in [-0.39, 0.29) is 5.92 Å². The predicted octanol–water partition coefficient (Wildman–Crippen LogP) is 1.34. The first kappa shape index (κ1) is 14.1. The van der Waals surface area contributed by atoms with Crippen LogP contribution in [0.1, 0.15) is 24.2 Å². The van der Waals surface area contributed by atoms with E-state index in [4.69, 9.17) is 22.5 Å². The minimum Gasteiger partial charge on any atom is -0.409 e. The highest BCUT2D eigenvalue weighted by Crippen LogP contribution is 2.24. The third-order valence-corrected chi connectivity index (χ3v) is 4.25. The molecule has 2 rings (SSSR count). The second-order valence-corrected chi connectivity index (χ2v) is 5.42. The van der Waals surface area contributed by atoms with Crippen molar-refractivity contribution in [3.05, 3.63) is 16.4 Å². The molecule has 19 heavy (non-hydrogen) atoms. The van der Waals surface area contributed by atoms with Crippen molar-refractivity contribution in [2.45, 2.75) is 26.3 Å². The Hall–Kier alpha value is -1.27. The lowest BCUT2D eigenvalue weighted by atomic mass is 9.96. The van der Waals surface area contributed by atoms with Crippen molar-refractivity contribution in [1.82, 2.24) is 14.7 Å². The summed E-state index contributed by atoms with van der Waals surface area (Å²) < 4.78 is 1.84. The van der Waals surface area contributed by atoms with E-state index in [0.717, 1.165) is 48.9 Å². The average molecular weight is 286 g/mol. The number of rotatable bonds is 3. The Labute approximate surface area is 117 Å². The zero-order valence-electron chi connectivity index (χ0n) is 11.3. The highest BCUT2D eigenvalue weighted by Gasteiger charge is 2.24. The predicted molar refractivity (Wildman–Crippen MR) is 74.4 cm³/mol. The molecule has 1 aliphatic heterocycles. The SMILES string of the molecule is Cc1nn(C)c(CN2CCC(C(N)=NO)CC2)c1Cl. The topological polar surface area (TPSA) is 79.7 Å². The number of nitrogens with two attached hydrogens (primary N) is 1. The van der Waals surface area contributed by atoms with Crippen LogP contribution in [0.5, 0.6) is 0 Å². The maximum Gasteiger partial charge on any atom is 0.142 e. The van der Waals surface area contributed by atoms with Gasteiger partial charge in [-0.2, -0.15) is 5.10 Å². The molecule has 1 aromatic rings. The average Bonchev–Trinajstić information content (AvgIpc) is 2.65. The number of aryl methyl sites for hydroxylation is 2. The molecule has 0 saturated carbocycles. The Bertz CT molecular complexity index is 477. The number of piperidine rings is 1. The number of amidine groups is 1. The third kappa shape index (κ3) is 3.01. The van der Waals surface area contributed by atoms with Gasteiger partial charge in [-0.25, -0.2) is 0 Å². The van der Waals surface area contributed by atoms with Gasteiger partial charge in [0.15, 0.2) is 0 Å². The van der Waals surface area contributed by atoms with E-state index in [1.165, 1.54) is 0 Å². The van der Waals surface area contributed by atoms with Crippen LogP contribution in [0.2, 0.25) is 5.02 Å². The van der Waals surface area contributed by atoms with E-state index < -0.39 is 0 Å². The van der Waals surface area contributed by atoms with Gasteiger partial charge in [-0.3, -0.25) is 9.58 Å². The van der Waals surface area contributed by atoms with Crippen LogP contribution in [0.4, 0.5) is 0 Å². The third-order valence-electron chi connectivity index (χ3n) is 3.76. The van der Waals surface area contributed by atoms with Crippen LogP contribution in [0.25, 0.3) is 0 Å². The summed E-state index contributed by atoms with van der Waals surface area (Å²) in [6, 6.07) is 0. The molecule has 7 heteroatoms. The zero-order valence-corrected chi connectivity index (χ0v) is 12.1. The van der Waals surface area contributed by atoms with E-state index in [9.17, 15) is 0 Å². The molecule has 0 bridgehead atoms. The summed E-state index contributed by atoms with van der Waals surface area (Å²) >= 11 is 6.25. The molecule has 0 amide bonds. The summed E-state index contributed by atoms with van der Waals surface area (Å²) in [7, 11) is 1.91. The first-order chi connectivity index (χ1) is 9.02. The van der Waals surface area contributed by atoms with Gasteiger partial charge >= 0.3 is 0 Å². The number of oxime groups is 1. The normalized spacial score (nSPS) is 19.0. The van der Waals surface area contributed by atoms with Crippen LogP contribution >= 0.6 is 11.6 Å². The molecule has 6 nitrogen and oxygen atoms in total. The fraction of sp³-hybridized carbons (Fsp3) is 0.667. The van der Waals surface area contributed by atoms with Crippen LogP contribution < -0.4 is 5.73 Å². The lowest BCUT2D eigenvalue weighted by Gasteiger charge is -2.31. The minimum atomic E-state index is 0.185. The molecular formula is C12H20ClN5O. The summed E-state index contributed by atoms with van der Waals surface area (Å²) in [6.07, 6.45) is 1.81. The first-order valence-electron chi connectivity index (χ1n) is 6.40. The van der Waals surface area contributed by atoms with Crippen molar-refractivity contribution in [1.29, 1.82) is 0 Å². The number of hydrogen-bond donors (Lipinski definition) is 2. The van der Waals surface area contributed by atoms with Crippen molar-refractivity contribution < 1.29 is 5.21 Å². The highest BCUT2D eigenvalue weighted by atomic mass is 35.5. The maximum absolute atomic E-state index is 8.68. The number of halogens is 1. The molecule has 0 aliphatic carbocycles. The molecule has 2 heterocycles. The molecule has 0 spiro atoms. The standard InChI is InChI=1S/C12H20ClN5O/c1-8-11(13)10(17(2)15-8)7-18-5-3-9(4-6-18)12(14)16-19/h9,19H,3-7H2,1-2H3,(H2,14,16). The molecule has 3 N–H and O–H groups in total. The van der Waals surface area contributed by atoms with Gasteiger partial charge in [0.1, 0.15) is 5.84 Å². The number of aromatic nitrogens is 2. The Kier molecular flexibility index (Phi) is 4.31. The second-order valence-electron chi connectivity index (χ2n) is 5.04. The highest BCUT2D eigenvalue weighted by molar-refractivity contribution is 6.31. The van der Waals surface area contributed by atoms with Gasteiger partial charge in [0.05, 0.1) is 16.4 Å². The minimum absolute atomic E-state index is 0.185. The van der Waals surface area contributed by atoms with Crippen LogP contribution in [-0.4, -0.2) is 38.8 Å². The number of nitrogens with zero attached hydrogens (tertiary/aromatic N) is 4. The molecule has 1 aromatic heterocycles. The Balaban J connectivity index is 1.96. The van der Waals surface area contributed by atoms with Crippen LogP contribution in [0, 0.1) is 12.8 Å². The van der Waals surface area contributed by atoms with Gasteiger partial charge in [-0.05, 0) is 32.9 Å². The Morgan fingerprint density at radius 2 is 2.16 bits per heavy atom. The molecule has 1 aliphatic rings. The molecule has 0 radical (unpaired) electrons. The Morgan fingerprint density at radius 3 is 2.63 bits per heavy atom. The summed E-state index contributed by atoms with van der Waals surface area (Å²) in [5.74, 6) is 0.527. The zero-order chi connectivity index (χ0) is 14.0. The summed E-state index contributed by atoms with van der Waals surface area (Å²) in [5, 5.41) is 16.8. The monoisotopic (exact) mass is 285 g/mol. The summed E-state index contributed by atoms with van der Waals surface area (Å²) in [6.45, 7) is 4.54. The first-order valence-corrected chi connectivity index (χ1v) is 6.78. The van der Waals surface area contributed by atoms with Gasteiger partial charge in [0, 0.05) is 19.5 Å². The quantitative estimate of drug-likeness (QED) is 0.380. The second kappa shape index (κ2) is 5.79. The van der Waals surface area contributed by atoms with Gasteiger partial charge in [0.25, 0.3) is 0 Å². The van der Waals surface area contributed by atoms with Crippen LogP contribution in [0.15, 0.2) is 5.16 Å². The molecule has 106 valence electrons. The van der Waals surface area contributed by atoms with Crippen molar-refractivity contribution in [3.8, 4) is 0 Å². The smallest absolute Gasteiger partial charge is 0.142 e. The van der Waals surface area contributed by atoms with Crippen molar-refractivity contribution in [2.75, 3.05) is 13.1 Å². The van der Waals surface area contributed by atoms with Crippen molar-refractivity contribution in [2.24, 2.45) is 23.9 Å². The fourth-order valence-electron chi connectivity index (χ4n) is 2.53. The lowest BCUT2D eigenvalue weighted by Crippen LogP contribution is -2.38. The van der Waals surface area contributed by atoms with Crippen LogP contribution in [-0.2, 0) is 13.6 Å². The summed E-state index contributed by atoms with van der Waals surface area (Å²) in [5.41, 5.74) is 7.55. The number of likely N-dealkylation sites (tertiary alicyclic amines) is 1. The molecule has 0 unspecified atom stereocenters. The number of hydrogen-bond acceptors (Lipinski definition) is 4. The van der Waals surface area contributed by atoms with E-state index in [1.54, 1.807) is 0 Å². The van der Waals surface area contributed by atoms with E-state index in [1.807, 2.05) is 18.7 Å². The van der Waals surface area contributed by atoms with E-state index in [0.29, 0.717) is 5.84 Å². The van der Waals surface area contributed by atoms with Gasteiger partial charge < -0.3 is 10.9 Å². The molecule has 0 atom stereocenters. The van der Waals surface area contributed by atoms with E-state index >= 15 is 0 Å². The maximum atomic E-state index is 8.68.